The fourth-order valence-electron chi connectivity index (χ4n) is 1.43. The molecule has 3 heteroatoms. The van der Waals surface area contributed by atoms with E-state index in [1.807, 2.05) is 0 Å². The first-order valence-electron chi connectivity index (χ1n) is 4.58. The zero-order valence-electron chi connectivity index (χ0n) is 7.88. The van der Waals surface area contributed by atoms with Gasteiger partial charge in [0.05, 0.1) is 0 Å². The van der Waals surface area contributed by atoms with Crippen molar-refractivity contribution in [1.29, 1.82) is 0 Å². The Hall–Kier alpha value is -0.730. The lowest BCUT2D eigenvalue weighted by Gasteiger charge is -2.23. The van der Waals surface area contributed by atoms with Crippen LogP contribution in [-0.2, 0) is 4.74 Å². The molecule has 0 aromatic rings. The van der Waals surface area contributed by atoms with E-state index in [1.165, 1.54) is 24.2 Å². The van der Waals surface area contributed by atoms with Gasteiger partial charge in [0, 0.05) is 14.1 Å². The number of hydrogen-bond donors (Lipinski definition) is 0. The molecular weight excluding hydrogens is 154 g/mol. The summed E-state index contributed by atoms with van der Waals surface area (Å²) in [6.07, 6.45) is 5.74. The third kappa shape index (κ3) is 2.72. The molecule has 0 N–H and O–H groups in total. The largest absolute Gasteiger partial charge is 0.446 e. The Bertz CT molecular complexity index is 151. The van der Waals surface area contributed by atoms with Gasteiger partial charge in [0.15, 0.2) is 0 Å². The molecule has 0 atom stereocenters. The van der Waals surface area contributed by atoms with Crippen LogP contribution in [0.25, 0.3) is 0 Å². The second-order valence-electron chi connectivity index (χ2n) is 3.54. The highest BCUT2D eigenvalue weighted by molar-refractivity contribution is 5.66. The molecule has 1 aliphatic carbocycles. The van der Waals surface area contributed by atoms with Gasteiger partial charge in [-0.1, -0.05) is 6.42 Å². The van der Waals surface area contributed by atoms with Crippen LogP contribution in [0.1, 0.15) is 32.1 Å². The molecule has 0 aliphatic heterocycles. The lowest BCUT2D eigenvalue weighted by atomic mass is 9.98. The van der Waals surface area contributed by atoms with Crippen LogP contribution in [-0.4, -0.2) is 31.2 Å². The minimum atomic E-state index is -0.207. The van der Waals surface area contributed by atoms with Crippen molar-refractivity contribution in [2.45, 2.75) is 38.2 Å². The van der Waals surface area contributed by atoms with Gasteiger partial charge in [0.2, 0.25) is 0 Å². The summed E-state index contributed by atoms with van der Waals surface area (Å²) in [6.45, 7) is 0. The number of ether oxygens (including phenoxy) is 1. The summed E-state index contributed by atoms with van der Waals surface area (Å²) in [4.78, 5) is 12.6. The lowest BCUT2D eigenvalue weighted by molar-refractivity contribution is 0.0559. The lowest BCUT2D eigenvalue weighted by Crippen LogP contribution is -2.29. The molecular formula is C9H17NO2. The van der Waals surface area contributed by atoms with Crippen molar-refractivity contribution < 1.29 is 9.53 Å². The van der Waals surface area contributed by atoms with Crippen molar-refractivity contribution in [2.24, 2.45) is 0 Å². The highest BCUT2D eigenvalue weighted by Crippen LogP contribution is 2.20. The molecule has 1 rings (SSSR count). The summed E-state index contributed by atoms with van der Waals surface area (Å²) in [5.74, 6) is 0. The predicted octanol–water partition coefficient (Wildman–Crippen LogP) is 2.02. The van der Waals surface area contributed by atoms with E-state index in [-0.39, 0.29) is 12.2 Å². The molecule has 1 fully saturated rings. The van der Waals surface area contributed by atoms with Crippen LogP contribution in [0, 0.1) is 0 Å². The summed E-state index contributed by atoms with van der Waals surface area (Å²) in [7, 11) is 3.43. The first kappa shape index (κ1) is 9.36. The number of carbonyl (C=O) groups is 1. The number of rotatable bonds is 1. The van der Waals surface area contributed by atoms with Crippen LogP contribution in [0.4, 0.5) is 4.79 Å². The molecule has 0 aromatic heterocycles. The Morgan fingerprint density at radius 2 is 1.83 bits per heavy atom. The van der Waals surface area contributed by atoms with Crippen LogP contribution in [0.5, 0.6) is 0 Å². The minimum Gasteiger partial charge on any atom is -0.446 e. The number of carbonyl (C=O) groups excluding carboxylic acids is 1. The highest BCUT2D eigenvalue weighted by atomic mass is 16.6. The smallest absolute Gasteiger partial charge is 0.409 e. The molecule has 0 spiro atoms. The molecule has 1 amide bonds. The summed E-state index contributed by atoms with van der Waals surface area (Å²) in [5, 5.41) is 0. The quantitative estimate of drug-likeness (QED) is 0.604. The van der Waals surface area contributed by atoms with Crippen LogP contribution < -0.4 is 0 Å². The van der Waals surface area contributed by atoms with Crippen LogP contribution >= 0.6 is 0 Å². The fourth-order valence-corrected chi connectivity index (χ4v) is 1.43. The molecule has 1 aliphatic rings. The molecule has 3 nitrogen and oxygen atoms in total. The Kier molecular flexibility index (Phi) is 3.38. The van der Waals surface area contributed by atoms with Crippen molar-refractivity contribution in [3.05, 3.63) is 0 Å². The van der Waals surface area contributed by atoms with E-state index in [2.05, 4.69) is 0 Å². The van der Waals surface area contributed by atoms with Gasteiger partial charge in [-0.15, -0.1) is 0 Å². The van der Waals surface area contributed by atoms with E-state index in [0.717, 1.165) is 12.8 Å². The van der Waals surface area contributed by atoms with Crippen LogP contribution in [0.15, 0.2) is 0 Å². The first-order chi connectivity index (χ1) is 5.70. The molecule has 0 saturated heterocycles. The summed E-state index contributed by atoms with van der Waals surface area (Å²) < 4.78 is 5.24. The topological polar surface area (TPSA) is 29.5 Å². The van der Waals surface area contributed by atoms with Gasteiger partial charge < -0.3 is 9.64 Å². The van der Waals surface area contributed by atoms with E-state index in [9.17, 15) is 4.79 Å². The van der Waals surface area contributed by atoms with Crippen molar-refractivity contribution >= 4 is 6.09 Å². The molecule has 12 heavy (non-hydrogen) atoms. The molecule has 70 valence electrons. The molecule has 0 radical (unpaired) electrons. The average molecular weight is 171 g/mol. The molecule has 0 unspecified atom stereocenters. The average Bonchev–Trinajstić information content (AvgIpc) is 2.06. The number of amides is 1. The standard InChI is InChI=1S/C9H17NO2/c1-10(2)9(11)12-8-6-4-3-5-7-8/h8H,3-7H2,1-2H3. The van der Waals surface area contributed by atoms with Crippen molar-refractivity contribution in [2.75, 3.05) is 14.1 Å². The van der Waals surface area contributed by atoms with E-state index >= 15 is 0 Å². The Morgan fingerprint density at radius 3 is 2.33 bits per heavy atom. The maximum atomic E-state index is 11.1. The van der Waals surface area contributed by atoms with Gasteiger partial charge in [-0.2, -0.15) is 0 Å². The maximum Gasteiger partial charge on any atom is 0.409 e. The molecule has 0 aromatic carbocycles. The SMILES string of the molecule is CN(C)C(=O)OC1CCCCC1. The Labute approximate surface area is 73.7 Å². The van der Waals surface area contributed by atoms with Crippen LogP contribution in [0.3, 0.4) is 0 Å². The molecule has 0 heterocycles. The summed E-state index contributed by atoms with van der Waals surface area (Å²) in [6, 6.07) is 0. The second-order valence-corrected chi connectivity index (χ2v) is 3.54. The van der Waals surface area contributed by atoms with Crippen LogP contribution in [0.2, 0.25) is 0 Å². The van der Waals surface area contributed by atoms with Crippen molar-refractivity contribution in [1.82, 2.24) is 4.90 Å². The van der Waals surface area contributed by atoms with Gasteiger partial charge in [0.1, 0.15) is 6.10 Å². The van der Waals surface area contributed by atoms with Gasteiger partial charge in [-0.25, -0.2) is 4.79 Å². The normalized spacial score (nSPS) is 18.8. The number of hydrogen-bond acceptors (Lipinski definition) is 2. The zero-order chi connectivity index (χ0) is 8.97. The summed E-state index contributed by atoms with van der Waals surface area (Å²) >= 11 is 0. The fraction of sp³-hybridized carbons (Fsp3) is 0.889. The maximum absolute atomic E-state index is 11.1. The second kappa shape index (κ2) is 4.33. The zero-order valence-corrected chi connectivity index (χ0v) is 7.88. The van der Waals surface area contributed by atoms with E-state index in [4.69, 9.17) is 4.74 Å². The Balaban J connectivity index is 2.24. The van der Waals surface area contributed by atoms with E-state index in [1.54, 1.807) is 14.1 Å². The monoisotopic (exact) mass is 171 g/mol. The molecule has 1 saturated carbocycles. The van der Waals surface area contributed by atoms with Crippen molar-refractivity contribution in [3.63, 3.8) is 0 Å². The first-order valence-corrected chi connectivity index (χ1v) is 4.58. The van der Waals surface area contributed by atoms with Crippen molar-refractivity contribution in [3.8, 4) is 0 Å². The Morgan fingerprint density at radius 1 is 1.25 bits per heavy atom. The third-order valence-electron chi connectivity index (χ3n) is 2.18. The van der Waals surface area contributed by atoms with Gasteiger partial charge in [-0.05, 0) is 25.7 Å². The third-order valence-corrected chi connectivity index (χ3v) is 2.18. The molecule has 0 bridgehead atoms. The van der Waals surface area contributed by atoms with E-state index < -0.39 is 0 Å². The summed E-state index contributed by atoms with van der Waals surface area (Å²) in [5.41, 5.74) is 0. The highest BCUT2D eigenvalue weighted by Gasteiger charge is 2.18. The van der Waals surface area contributed by atoms with Gasteiger partial charge in [0.25, 0.3) is 0 Å². The van der Waals surface area contributed by atoms with Gasteiger partial charge >= 0.3 is 6.09 Å². The predicted molar refractivity (Wildman–Crippen MR) is 47.0 cm³/mol. The van der Waals surface area contributed by atoms with Gasteiger partial charge in [-0.3, -0.25) is 0 Å². The number of nitrogens with zero attached hydrogens (tertiary/aromatic N) is 1. The minimum absolute atomic E-state index is 0.175. The van der Waals surface area contributed by atoms with E-state index in [0.29, 0.717) is 0 Å².